The molecule has 0 spiro atoms. The molecule has 1 rings (SSSR count). The van der Waals surface area contributed by atoms with Gasteiger partial charge in [-0.05, 0) is 82.2 Å². The van der Waals surface area contributed by atoms with Crippen LogP contribution in [0.1, 0.15) is 80.6 Å². The van der Waals surface area contributed by atoms with Crippen LogP contribution >= 0.6 is 31.9 Å². The summed E-state index contributed by atoms with van der Waals surface area (Å²) in [6, 6.07) is 0. The molecule has 0 aliphatic carbocycles. The van der Waals surface area contributed by atoms with Crippen LogP contribution in [0.2, 0.25) is 0 Å². The quantitative estimate of drug-likeness (QED) is 0.344. The second-order valence-corrected chi connectivity index (χ2v) is 11.6. The highest BCUT2D eigenvalue weighted by molar-refractivity contribution is 9.13. The van der Waals surface area contributed by atoms with Crippen LogP contribution < -0.4 is 10.7 Å². The van der Waals surface area contributed by atoms with E-state index in [1.165, 1.54) is 24.8 Å². The van der Waals surface area contributed by atoms with E-state index in [9.17, 15) is 0 Å². The van der Waals surface area contributed by atoms with E-state index in [4.69, 9.17) is 0 Å². The highest BCUT2D eigenvalue weighted by atomic mass is 79.9. The summed E-state index contributed by atoms with van der Waals surface area (Å²) in [4.78, 5) is 0. The molecule has 0 fully saturated rings. The molecular formula is C23H37Br2N. The SMILES string of the molecule is C=C(CCC(C)(C)CCCC(C)(C)n1c(=C)c(Br)c(Br)c1=C)C(C)(C)C. The topological polar surface area (TPSA) is 4.93 Å². The molecule has 0 aliphatic heterocycles. The van der Waals surface area contributed by atoms with Crippen molar-refractivity contribution in [3.05, 3.63) is 31.8 Å². The highest BCUT2D eigenvalue weighted by Gasteiger charge is 2.26. The Balaban J connectivity index is 2.72. The summed E-state index contributed by atoms with van der Waals surface area (Å²) in [5.74, 6) is 0. The van der Waals surface area contributed by atoms with E-state index < -0.39 is 0 Å². The van der Waals surface area contributed by atoms with Gasteiger partial charge in [-0.3, -0.25) is 0 Å². The van der Waals surface area contributed by atoms with Gasteiger partial charge in [-0.15, -0.1) is 0 Å². The maximum absolute atomic E-state index is 4.29. The van der Waals surface area contributed by atoms with Gasteiger partial charge in [0.1, 0.15) is 0 Å². The summed E-state index contributed by atoms with van der Waals surface area (Å²) in [5, 5.41) is 1.99. The van der Waals surface area contributed by atoms with Crippen molar-refractivity contribution in [1.82, 2.24) is 4.57 Å². The van der Waals surface area contributed by atoms with Crippen LogP contribution in [0, 0.1) is 10.8 Å². The maximum atomic E-state index is 4.29. The van der Waals surface area contributed by atoms with Gasteiger partial charge in [0, 0.05) is 16.2 Å². The lowest BCUT2D eigenvalue weighted by Crippen LogP contribution is -2.41. The standard InChI is InChI=1S/C23H37Br2N/c1-16(21(4,5)6)12-15-22(7,8)13-11-14-23(9,10)26-17(2)19(24)20(25)18(26)3/h1-3,11-15H2,4-10H3. The molecule has 148 valence electrons. The molecule has 1 aromatic rings. The molecule has 0 amide bonds. The van der Waals surface area contributed by atoms with Crippen LogP contribution in [0.4, 0.5) is 0 Å². The van der Waals surface area contributed by atoms with E-state index in [1.807, 2.05) is 0 Å². The molecule has 0 aliphatic rings. The van der Waals surface area contributed by atoms with E-state index in [2.05, 4.69) is 105 Å². The van der Waals surface area contributed by atoms with Gasteiger partial charge in [0.05, 0.1) is 8.95 Å². The molecule has 0 N–H and O–H groups in total. The normalized spacial score (nSPS) is 13.3. The van der Waals surface area contributed by atoms with Crippen LogP contribution in [0.25, 0.3) is 13.2 Å². The van der Waals surface area contributed by atoms with Crippen molar-refractivity contribution in [3.8, 4) is 0 Å². The third-order valence-electron chi connectivity index (χ3n) is 5.65. The summed E-state index contributed by atoms with van der Waals surface area (Å²) in [6.45, 7) is 28.9. The van der Waals surface area contributed by atoms with Gasteiger partial charge in [-0.1, -0.05) is 66.3 Å². The second-order valence-electron chi connectivity index (χ2n) is 10.0. The number of hydrogen-bond donors (Lipinski definition) is 0. The Morgan fingerprint density at radius 3 is 1.73 bits per heavy atom. The van der Waals surface area contributed by atoms with E-state index in [0.29, 0.717) is 5.41 Å². The minimum absolute atomic E-state index is 0.00616. The van der Waals surface area contributed by atoms with E-state index in [0.717, 1.165) is 32.5 Å². The zero-order valence-corrected chi connectivity index (χ0v) is 21.0. The third kappa shape index (κ3) is 5.86. The first kappa shape index (κ1) is 23.8. The van der Waals surface area contributed by atoms with Gasteiger partial charge < -0.3 is 4.57 Å². The van der Waals surface area contributed by atoms with Gasteiger partial charge >= 0.3 is 0 Å². The lowest BCUT2D eigenvalue weighted by Gasteiger charge is -2.32. The molecule has 1 nitrogen and oxygen atoms in total. The summed E-state index contributed by atoms with van der Waals surface area (Å²) in [6.07, 6.45) is 5.83. The minimum atomic E-state index is -0.00616. The van der Waals surface area contributed by atoms with Crippen LogP contribution in [-0.2, 0) is 5.54 Å². The molecule has 1 heterocycles. The second kappa shape index (κ2) is 8.39. The summed E-state index contributed by atoms with van der Waals surface area (Å²) in [7, 11) is 0. The van der Waals surface area contributed by atoms with Crippen molar-refractivity contribution in [2.45, 2.75) is 86.1 Å². The Kier molecular flexibility index (Phi) is 7.67. The summed E-state index contributed by atoms with van der Waals surface area (Å²) >= 11 is 7.23. The molecule has 0 saturated carbocycles. The van der Waals surface area contributed by atoms with Gasteiger partial charge in [0.25, 0.3) is 0 Å². The molecule has 0 saturated heterocycles. The largest absolute Gasteiger partial charge is 0.335 e. The monoisotopic (exact) mass is 485 g/mol. The van der Waals surface area contributed by atoms with E-state index >= 15 is 0 Å². The molecule has 0 aromatic carbocycles. The number of hydrogen-bond acceptors (Lipinski definition) is 0. The summed E-state index contributed by atoms with van der Waals surface area (Å²) in [5.41, 5.74) is 1.90. The Bertz CT molecular complexity index is 711. The van der Waals surface area contributed by atoms with Gasteiger partial charge in [-0.2, -0.15) is 0 Å². The predicted molar refractivity (Wildman–Crippen MR) is 125 cm³/mol. The number of rotatable bonds is 8. The fourth-order valence-corrected chi connectivity index (χ4v) is 4.26. The average molecular weight is 487 g/mol. The number of halogens is 2. The number of nitrogens with zero attached hydrogens (tertiary/aromatic N) is 1. The van der Waals surface area contributed by atoms with Crippen LogP contribution in [0.15, 0.2) is 21.1 Å². The fraction of sp³-hybridized carbons (Fsp3) is 0.652. The van der Waals surface area contributed by atoms with Crippen molar-refractivity contribution in [3.63, 3.8) is 0 Å². The fourth-order valence-electron chi connectivity index (χ4n) is 3.44. The Morgan fingerprint density at radius 2 is 1.31 bits per heavy atom. The zero-order valence-electron chi connectivity index (χ0n) is 17.9. The average Bonchev–Trinajstić information content (AvgIpc) is 2.67. The Morgan fingerprint density at radius 1 is 0.846 bits per heavy atom. The number of allylic oxidation sites excluding steroid dienone is 1. The van der Waals surface area contributed by atoms with Crippen molar-refractivity contribution in [1.29, 1.82) is 0 Å². The number of aromatic nitrogens is 1. The van der Waals surface area contributed by atoms with Crippen molar-refractivity contribution >= 4 is 45.0 Å². The molecule has 1 aromatic heterocycles. The lowest BCUT2D eigenvalue weighted by molar-refractivity contribution is 0.247. The first-order valence-electron chi connectivity index (χ1n) is 9.52. The van der Waals surface area contributed by atoms with Gasteiger partial charge in [0.2, 0.25) is 0 Å². The first-order valence-corrected chi connectivity index (χ1v) is 11.1. The maximum Gasteiger partial charge on any atom is 0.0569 e. The highest BCUT2D eigenvalue weighted by Crippen LogP contribution is 2.36. The molecular weight excluding hydrogens is 450 g/mol. The van der Waals surface area contributed by atoms with Crippen LogP contribution in [-0.4, -0.2) is 4.57 Å². The Labute approximate surface area is 177 Å². The predicted octanol–water partition coefficient (Wildman–Crippen LogP) is 7.15. The third-order valence-corrected chi connectivity index (χ3v) is 7.89. The molecule has 0 bridgehead atoms. The molecule has 0 atom stereocenters. The first-order chi connectivity index (χ1) is 11.6. The smallest absolute Gasteiger partial charge is 0.0569 e. The minimum Gasteiger partial charge on any atom is -0.335 e. The molecule has 26 heavy (non-hydrogen) atoms. The molecule has 0 radical (unpaired) electrons. The van der Waals surface area contributed by atoms with Gasteiger partial charge in [0.15, 0.2) is 0 Å². The lowest BCUT2D eigenvalue weighted by atomic mass is 9.77. The zero-order chi connectivity index (χ0) is 20.5. The van der Waals surface area contributed by atoms with Crippen LogP contribution in [0.5, 0.6) is 0 Å². The summed E-state index contributed by atoms with van der Waals surface area (Å²) < 4.78 is 4.28. The molecule has 3 heteroatoms. The van der Waals surface area contributed by atoms with Crippen molar-refractivity contribution in [2.75, 3.05) is 0 Å². The van der Waals surface area contributed by atoms with Gasteiger partial charge in [-0.25, -0.2) is 0 Å². The van der Waals surface area contributed by atoms with Crippen molar-refractivity contribution < 1.29 is 0 Å². The van der Waals surface area contributed by atoms with E-state index in [-0.39, 0.29) is 11.0 Å². The van der Waals surface area contributed by atoms with E-state index in [1.54, 1.807) is 0 Å². The Hall–Kier alpha value is -0.280. The molecule has 0 unspecified atom stereocenters. The van der Waals surface area contributed by atoms with Crippen LogP contribution in [0.3, 0.4) is 0 Å². The van der Waals surface area contributed by atoms with Crippen molar-refractivity contribution in [2.24, 2.45) is 10.8 Å².